The van der Waals surface area contributed by atoms with Crippen molar-refractivity contribution in [2.75, 3.05) is 39.7 Å². The van der Waals surface area contributed by atoms with E-state index in [1.165, 1.54) is 11.8 Å². The molecule has 1 aromatic heterocycles. The van der Waals surface area contributed by atoms with Gasteiger partial charge in [-0.3, -0.25) is 14.2 Å². The molecule has 0 aliphatic heterocycles. The molecular formula is C17H23N3O4S. The van der Waals surface area contributed by atoms with E-state index < -0.39 is 0 Å². The van der Waals surface area contributed by atoms with Crippen LogP contribution in [0, 0.1) is 0 Å². The Morgan fingerprint density at radius 3 is 2.76 bits per heavy atom. The fourth-order valence-corrected chi connectivity index (χ4v) is 3.15. The average molecular weight is 365 g/mol. The zero-order valence-electron chi connectivity index (χ0n) is 14.5. The lowest BCUT2D eigenvalue weighted by molar-refractivity contribution is -0.118. The van der Waals surface area contributed by atoms with Crippen LogP contribution in [0.15, 0.2) is 34.2 Å². The third kappa shape index (κ3) is 5.55. The van der Waals surface area contributed by atoms with Gasteiger partial charge in [-0.15, -0.1) is 0 Å². The number of fused-ring (bicyclic) bond motifs is 1. The lowest BCUT2D eigenvalue weighted by atomic mass is 10.2. The van der Waals surface area contributed by atoms with Gasteiger partial charge in [-0.25, -0.2) is 4.98 Å². The number of benzene rings is 1. The van der Waals surface area contributed by atoms with Crippen molar-refractivity contribution >= 4 is 28.6 Å². The highest BCUT2D eigenvalue weighted by atomic mass is 32.2. The molecule has 0 bridgehead atoms. The van der Waals surface area contributed by atoms with Crippen molar-refractivity contribution in [2.45, 2.75) is 18.1 Å². The van der Waals surface area contributed by atoms with E-state index >= 15 is 0 Å². The molecule has 8 heteroatoms. The van der Waals surface area contributed by atoms with Crippen molar-refractivity contribution in [3.63, 3.8) is 0 Å². The molecule has 0 saturated heterocycles. The number of nitrogens with zero attached hydrogens (tertiary/aromatic N) is 2. The molecule has 2 aromatic rings. The van der Waals surface area contributed by atoms with E-state index in [1.807, 2.05) is 12.1 Å². The Balaban J connectivity index is 2.19. The molecule has 0 aliphatic rings. The van der Waals surface area contributed by atoms with Gasteiger partial charge in [0.1, 0.15) is 0 Å². The van der Waals surface area contributed by atoms with E-state index in [4.69, 9.17) is 9.47 Å². The Morgan fingerprint density at radius 2 is 2.00 bits per heavy atom. The maximum atomic E-state index is 12.8. The molecule has 7 nitrogen and oxygen atoms in total. The van der Waals surface area contributed by atoms with Crippen LogP contribution in [0.2, 0.25) is 0 Å². The molecule has 0 aliphatic carbocycles. The molecule has 0 fully saturated rings. The number of ether oxygens (including phenoxy) is 2. The van der Waals surface area contributed by atoms with E-state index in [1.54, 1.807) is 30.9 Å². The van der Waals surface area contributed by atoms with Gasteiger partial charge in [0.15, 0.2) is 5.16 Å². The van der Waals surface area contributed by atoms with Crippen LogP contribution in [0.5, 0.6) is 0 Å². The highest BCUT2D eigenvalue weighted by molar-refractivity contribution is 7.99. The summed E-state index contributed by atoms with van der Waals surface area (Å²) < 4.78 is 11.6. The Hall–Kier alpha value is -1.90. The summed E-state index contributed by atoms with van der Waals surface area (Å²) in [5, 5.41) is 3.88. The fraction of sp³-hybridized carbons (Fsp3) is 0.471. The maximum Gasteiger partial charge on any atom is 0.262 e. The van der Waals surface area contributed by atoms with Gasteiger partial charge in [0.25, 0.3) is 5.56 Å². The lowest BCUT2D eigenvalue weighted by Crippen LogP contribution is -2.29. The molecule has 1 aromatic carbocycles. The second-order valence-electron chi connectivity index (χ2n) is 5.35. The van der Waals surface area contributed by atoms with Crippen LogP contribution in [0.3, 0.4) is 0 Å². The number of para-hydroxylation sites is 1. The summed E-state index contributed by atoms with van der Waals surface area (Å²) in [5.74, 6) is 0.0755. The molecule has 0 spiro atoms. The van der Waals surface area contributed by atoms with Crippen LogP contribution in [-0.2, 0) is 20.8 Å². The topological polar surface area (TPSA) is 82.4 Å². The minimum atomic E-state index is -0.118. The Kier molecular flexibility index (Phi) is 7.90. The highest BCUT2D eigenvalue weighted by Crippen LogP contribution is 2.18. The Labute approximate surface area is 150 Å². The first-order chi connectivity index (χ1) is 12.2. The quantitative estimate of drug-likeness (QED) is 0.388. The van der Waals surface area contributed by atoms with Gasteiger partial charge in [-0.1, -0.05) is 23.9 Å². The summed E-state index contributed by atoms with van der Waals surface area (Å²) >= 11 is 1.26. The number of carbonyl (C=O) groups is 1. The largest absolute Gasteiger partial charge is 0.385 e. The summed E-state index contributed by atoms with van der Waals surface area (Å²) in [6.45, 7) is 1.98. The second kappa shape index (κ2) is 10.2. The van der Waals surface area contributed by atoms with Gasteiger partial charge < -0.3 is 14.8 Å². The van der Waals surface area contributed by atoms with Gasteiger partial charge in [-0.05, 0) is 18.6 Å². The van der Waals surface area contributed by atoms with Gasteiger partial charge >= 0.3 is 0 Å². The molecule has 1 heterocycles. The molecular weight excluding hydrogens is 342 g/mol. The minimum absolute atomic E-state index is 0.0935. The van der Waals surface area contributed by atoms with Gasteiger partial charge in [0.05, 0.1) is 23.3 Å². The highest BCUT2D eigenvalue weighted by Gasteiger charge is 2.13. The monoisotopic (exact) mass is 365 g/mol. The predicted molar refractivity (Wildman–Crippen MR) is 98.1 cm³/mol. The van der Waals surface area contributed by atoms with Crippen LogP contribution in [0.4, 0.5) is 0 Å². The number of hydrogen-bond acceptors (Lipinski definition) is 6. The van der Waals surface area contributed by atoms with E-state index in [0.717, 1.165) is 0 Å². The summed E-state index contributed by atoms with van der Waals surface area (Å²) in [6, 6.07) is 7.24. The van der Waals surface area contributed by atoms with E-state index in [9.17, 15) is 9.59 Å². The second-order valence-corrected chi connectivity index (χ2v) is 6.29. The zero-order chi connectivity index (χ0) is 18.1. The first-order valence-electron chi connectivity index (χ1n) is 8.04. The standard InChI is InChI=1S/C17H23N3O4S/c1-23-10-5-9-20-16(22)13-6-3-4-7-14(13)19-17(20)25-12-15(21)18-8-11-24-2/h3-4,6-7H,5,8-12H2,1-2H3,(H,18,21). The Bertz CT molecular complexity index is 763. The van der Waals surface area contributed by atoms with Crippen LogP contribution in [0.25, 0.3) is 10.9 Å². The van der Waals surface area contributed by atoms with Crippen LogP contribution in [0.1, 0.15) is 6.42 Å². The molecule has 1 N–H and O–H groups in total. The van der Waals surface area contributed by atoms with E-state index in [-0.39, 0.29) is 17.2 Å². The number of methoxy groups -OCH3 is 2. The number of amides is 1. The molecule has 2 rings (SSSR count). The minimum Gasteiger partial charge on any atom is -0.385 e. The van der Waals surface area contributed by atoms with Crippen molar-refractivity contribution in [1.29, 1.82) is 0 Å². The normalized spacial score (nSPS) is 11.0. The summed E-state index contributed by atoms with van der Waals surface area (Å²) in [4.78, 5) is 29.2. The van der Waals surface area contributed by atoms with Gasteiger partial charge in [-0.2, -0.15) is 0 Å². The number of rotatable bonds is 10. The fourth-order valence-electron chi connectivity index (χ4n) is 2.30. The van der Waals surface area contributed by atoms with Crippen molar-refractivity contribution in [1.82, 2.24) is 14.9 Å². The van der Waals surface area contributed by atoms with Crippen LogP contribution < -0.4 is 10.9 Å². The third-order valence-corrected chi connectivity index (χ3v) is 4.49. The zero-order valence-corrected chi connectivity index (χ0v) is 15.3. The van der Waals surface area contributed by atoms with Crippen LogP contribution >= 0.6 is 11.8 Å². The Morgan fingerprint density at radius 1 is 1.24 bits per heavy atom. The van der Waals surface area contributed by atoms with Gasteiger partial charge in [0.2, 0.25) is 5.91 Å². The van der Waals surface area contributed by atoms with Crippen molar-refractivity contribution in [3.8, 4) is 0 Å². The summed E-state index contributed by atoms with van der Waals surface area (Å²) in [6.07, 6.45) is 0.698. The molecule has 0 unspecified atom stereocenters. The van der Waals surface area contributed by atoms with E-state index in [0.29, 0.717) is 48.8 Å². The maximum absolute atomic E-state index is 12.8. The predicted octanol–water partition coefficient (Wildman–Crippen LogP) is 1.29. The first kappa shape index (κ1) is 19.4. The third-order valence-electron chi connectivity index (χ3n) is 3.52. The SMILES string of the molecule is COCCCn1c(SCC(=O)NCCOC)nc2ccccc2c1=O. The number of hydrogen-bond donors (Lipinski definition) is 1. The van der Waals surface area contributed by atoms with Crippen molar-refractivity contribution < 1.29 is 14.3 Å². The van der Waals surface area contributed by atoms with Crippen molar-refractivity contribution in [2.24, 2.45) is 0 Å². The molecule has 0 radical (unpaired) electrons. The van der Waals surface area contributed by atoms with Crippen molar-refractivity contribution in [3.05, 3.63) is 34.6 Å². The summed E-state index contributed by atoms with van der Waals surface area (Å²) in [5.41, 5.74) is 0.543. The van der Waals surface area contributed by atoms with Crippen LogP contribution in [-0.4, -0.2) is 55.2 Å². The lowest BCUT2D eigenvalue weighted by Gasteiger charge is -2.13. The average Bonchev–Trinajstić information content (AvgIpc) is 2.62. The molecule has 0 atom stereocenters. The molecule has 136 valence electrons. The van der Waals surface area contributed by atoms with E-state index in [2.05, 4.69) is 10.3 Å². The van der Waals surface area contributed by atoms with Gasteiger partial charge in [0, 0.05) is 33.9 Å². The number of nitrogens with one attached hydrogen (secondary N) is 1. The number of aromatic nitrogens is 2. The molecule has 25 heavy (non-hydrogen) atoms. The first-order valence-corrected chi connectivity index (χ1v) is 9.03. The molecule has 0 saturated carbocycles. The summed E-state index contributed by atoms with van der Waals surface area (Å²) in [7, 11) is 3.21. The number of thioether (sulfide) groups is 1. The smallest absolute Gasteiger partial charge is 0.262 e. The number of carbonyl (C=O) groups excluding carboxylic acids is 1. The molecule has 1 amide bonds.